The van der Waals surface area contributed by atoms with Crippen LogP contribution in [0.2, 0.25) is 0 Å². The quantitative estimate of drug-likeness (QED) is 0.855. The first kappa shape index (κ1) is 14.3. The average molecular weight is 280 g/mol. The third-order valence-corrected chi connectivity index (χ3v) is 6.38. The van der Waals surface area contributed by atoms with Crippen molar-refractivity contribution in [2.75, 3.05) is 0 Å². The Balaban J connectivity index is 2.32. The van der Waals surface area contributed by atoms with E-state index in [1.54, 1.807) is 19.1 Å². The molecule has 1 saturated carbocycles. The second kappa shape index (κ2) is 5.08. The Morgan fingerprint density at radius 1 is 1.16 bits per heavy atom. The van der Waals surface area contributed by atoms with Gasteiger partial charge in [-0.2, -0.15) is 0 Å². The van der Waals surface area contributed by atoms with Crippen molar-refractivity contribution in [2.24, 2.45) is 5.92 Å². The summed E-state index contributed by atoms with van der Waals surface area (Å²) in [6.45, 7) is 5.86. The predicted molar refractivity (Wildman–Crippen MR) is 74.9 cm³/mol. The van der Waals surface area contributed by atoms with Gasteiger partial charge in [0, 0.05) is 12.3 Å². The van der Waals surface area contributed by atoms with Gasteiger partial charge >= 0.3 is 0 Å². The molecule has 0 aliphatic heterocycles. The lowest BCUT2D eigenvalue weighted by Crippen LogP contribution is -2.26. The minimum atomic E-state index is -3.38. The van der Waals surface area contributed by atoms with E-state index < -0.39 is 15.1 Å². The molecule has 3 nitrogen and oxygen atoms in total. The van der Waals surface area contributed by atoms with Gasteiger partial charge in [-0.3, -0.25) is 4.79 Å². The highest BCUT2D eigenvalue weighted by molar-refractivity contribution is 7.92. The van der Waals surface area contributed by atoms with Gasteiger partial charge in [-0.25, -0.2) is 8.42 Å². The van der Waals surface area contributed by atoms with Gasteiger partial charge < -0.3 is 0 Å². The van der Waals surface area contributed by atoms with Crippen LogP contribution >= 0.6 is 0 Å². The van der Waals surface area contributed by atoms with Crippen LogP contribution in [0.5, 0.6) is 0 Å². The van der Waals surface area contributed by atoms with E-state index in [1.165, 1.54) is 0 Å². The van der Waals surface area contributed by atoms with Gasteiger partial charge in [-0.1, -0.05) is 32.9 Å². The van der Waals surface area contributed by atoms with E-state index >= 15 is 0 Å². The SMILES string of the molecule is CC(C)c1ccc(S(=O)(=O)C2CCC(=O)C2C)cc1. The molecular weight excluding hydrogens is 260 g/mol. The topological polar surface area (TPSA) is 51.2 Å². The molecule has 1 aromatic rings. The molecular formula is C15H20O3S. The van der Waals surface area contributed by atoms with E-state index in [4.69, 9.17) is 0 Å². The standard InChI is InChI=1S/C15H20O3S/c1-10(2)12-4-6-13(7-5-12)19(17,18)15-9-8-14(16)11(15)3/h4-7,10-11,15H,8-9H2,1-3H3. The summed E-state index contributed by atoms with van der Waals surface area (Å²) in [6, 6.07) is 7.05. The highest BCUT2D eigenvalue weighted by Gasteiger charge is 2.40. The van der Waals surface area contributed by atoms with Crippen LogP contribution in [0.4, 0.5) is 0 Å². The fraction of sp³-hybridized carbons (Fsp3) is 0.533. The van der Waals surface area contributed by atoms with Crippen LogP contribution in [-0.4, -0.2) is 19.5 Å². The molecule has 1 aliphatic carbocycles. The molecule has 1 aliphatic rings. The van der Waals surface area contributed by atoms with Crippen LogP contribution in [0.1, 0.15) is 45.1 Å². The molecule has 0 radical (unpaired) electrons. The van der Waals surface area contributed by atoms with Crippen LogP contribution < -0.4 is 0 Å². The van der Waals surface area contributed by atoms with Crippen LogP contribution in [0.3, 0.4) is 0 Å². The zero-order valence-corrected chi connectivity index (χ0v) is 12.4. The number of ketones is 1. The Morgan fingerprint density at radius 2 is 1.74 bits per heavy atom. The van der Waals surface area contributed by atoms with Gasteiger partial charge in [0.2, 0.25) is 0 Å². The lowest BCUT2D eigenvalue weighted by molar-refractivity contribution is -0.120. The summed E-state index contributed by atoms with van der Waals surface area (Å²) in [5.41, 5.74) is 1.12. The number of carbonyl (C=O) groups excluding carboxylic acids is 1. The molecule has 1 aromatic carbocycles. The van der Waals surface area contributed by atoms with E-state index in [2.05, 4.69) is 13.8 Å². The smallest absolute Gasteiger partial charge is 0.181 e. The maximum atomic E-state index is 12.5. The van der Waals surface area contributed by atoms with Crippen LogP contribution in [0.25, 0.3) is 0 Å². The van der Waals surface area contributed by atoms with Gasteiger partial charge in [0.05, 0.1) is 10.1 Å². The van der Waals surface area contributed by atoms with E-state index in [-0.39, 0.29) is 11.7 Å². The van der Waals surface area contributed by atoms with E-state index in [9.17, 15) is 13.2 Å². The highest BCUT2D eigenvalue weighted by Crippen LogP contribution is 2.32. The molecule has 0 aromatic heterocycles. The first-order chi connectivity index (χ1) is 8.84. The maximum Gasteiger partial charge on any atom is 0.181 e. The number of sulfone groups is 1. The minimum Gasteiger partial charge on any atom is -0.299 e. The molecule has 2 unspecified atom stereocenters. The van der Waals surface area contributed by atoms with E-state index in [0.29, 0.717) is 23.7 Å². The summed E-state index contributed by atoms with van der Waals surface area (Å²) in [5.74, 6) is 0.0610. The first-order valence-electron chi connectivity index (χ1n) is 6.70. The minimum absolute atomic E-state index is 0.0624. The third-order valence-electron chi connectivity index (χ3n) is 4.01. The van der Waals surface area contributed by atoms with Gasteiger partial charge in [-0.05, 0) is 30.0 Å². The molecule has 19 heavy (non-hydrogen) atoms. The largest absolute Gasteiger partial charge is 0.299 e. The first-order valence-corrected chi connectivity index (χ1v) is 8.25. The van der Waals surface area contributed by atoms with Crippen molar-refractivity contribution < 1.29 is 13.2 Å². The van der Waals surface area contributed by atoms with Crippen molar-refractivity contribution in [3.8, 4) is 0 Å². The number of benzene rings is 1. The number of Topliss-reactive ketones (excluding diaryl/α,β-unsaturated/α-hetero) is 1. The van der Waals surface area contributed by atoms with Crippen molar-refractivity contribution in [3.05, 3.63) is 29.8 Å². The number of hydrogen-bond donors (Lipinski definition) is 0. The summed E-state index contributed by atoms with van der Waals surface area (Å²) in [4.78, 5) is 11.9. The monoisotopic (exact) mass is 280 g/mol. The van der Waals surface area contributed by atoms with E-state index in [0.717, 1.165) is 5.56 Å². The fourth-order valence-electron chi connectivity index (χ4n) is 2.61. The molecule has 0 saturated heterocycles. The van der Waals surface area contributed by atoms with Crippen LogP contribution in [0.15, 0.2) is 29.2 Å². The van der Waals surface area contributed by atoms with Gasteiger partial charge in [0.15, 0.2) is 9.84 Å². The summed E-state index contributed by atoms with van der Waals surface area (Å²) in [5, 5.41) is -0.551. The Morgan fingerprint density at radius 3 is 2.16 bits per heavy atom. The number of rotatable bonds is 3. The molecule has 0 N–H and O–H groups in total. The van der Waals surface area contributed by atoms with Crippen molar-refractivity contribution in [2.45, 2.75) is 49.7 Å². The summed E-state index contributed by atoms with van der Waals surface area (Å²) >= 11 is 0. The second-order valence-electron chi connectivity index (χ2n) is 5.60. The Hall–Kier alpha value is -1.16. The Kier molecular flexibility index (Phi) is 3.81. The molecule has 0 heterocycles. The fourth-order valence-corrected chi connectivity index (χ4v) is 4.59. The molecule has 1 fully saturated rings. The summed E-state index contributed by atoms with van der Waals surface area (Å²) in [7, 11) is -3.38. The molecule has 104 valence electrons. The zero-order valence-electron chi connectivity index (χ0n) is 11.6. The zero-order chi connectivity index (χ0) is 14.2. The van der Waals surface area contributed by atoms with Gasteiger partial charge in [-0.15, -0.1) is 0 Å². The summed E-state index contributed by atoms with van der Waals surface area (Å²) in [6.07, 6.45) is 0.837. The molecule has 2 atom stereocenters. The maximum absolute atomic E-state index is 12.5. The Labute approximate surface area is 114 Å². The van der Waals surface area contributed by atoms with Gasteiger partial charge in [0.25, 0.3) is 0 Å². The van der Waals surface area contributed by atoms with Crippen LogP contribution in [0, 0.1) is 5.92 Å². The number of carbonyl (C=O) groups is 1. The average Bonchev–Trinajstić information content (AvgIpc) is 2.70. The van der Waals surface area contributed by atoms with Crippen molar-refractivity contribution in [1.82, 2.24) is 0 Å². The van der Waals surface area contributed by atoms with Crippen molar-refractivity contribution in [3.63, 3.8) is 0 Å². The molecule has 0 bridgehead atoms. The summed E-state index contributed by atoms with van der Waals surface area (Å²) < 4.78 is 25.0. The molecule has 2 rings (SSSR count). The molecule has 4 heteroatoms. The normalized spacial score (nSPS) is 24.1. The second-order valence-corrected chi connectivity index (χ2v) is 7.77. The highest BCUT2D eigenvalue weighted by atomic mass is 32.2. The van der Waals surface area contributed by atoms with Crippen molar-refractivity contribution >= 4 is 15.6 Å². The van der Waals surface area contributed by atoms with Crippen molar-refractivity contribution in [1.29, 1.82) is 0 Å². The molecule has 0 spiro atoms. The number of hydrogen-bond acceptors (Lipinski definition) is 3. The van der Waals surface area contributed by atoms with E-state index in [1.807, 2.05) is 12.1 Å². The lowest BCUT2D eigenvalue weighted by Gasteiger charge is -2.16. The lowest BCUT2D eigenvalue weighted by atomic mass is 10.0. The predicted octanol–water partition coefficient (Wildman–Crippen LogP) is 2.95. The van der Waals surface area contributed by atoms with Gasteiger partial charge in [0.1, 0.15) is 5.78 Å². The van der Waals surface area contributed by atoms with Crippen LogP contribution in [-0.2, 0) is 14.6 Å². The third kappa shape index (κ3) is 2.59. The molecule has 0 amide bonds. The Bertz CT molecular complexity index is 570.